The molecule has 2 N–H and O–H groups in total. The monoisotopic (exact) mass is 135 g/mol. The molecule has 0 amide bonds. The van der Waals surface area contributed by atoms with E-state index in [1.807, 2.05) is 0 Å². The quantitative estimate of drug-likeness (QED) is 0.531. The topological polar surface area (TPSA) is 40.5 Å². The molecule has 0 aromatic rings. The molecule has 0 aromatic carbocycles. The minimum absolute atomic E-state index is 0.0949. The molecule has 0 saturated carbocycles. The Kier molecular flexibility index (Phi) is 1.52. The second kappa shape index (κ2) is 1.90. The van der Waals surface area contributed by atoms with Gasteiger partial charge in [-0.05, 0) is 19.8 Å². The van der Waals surface area contributed by atoms with Gasteiger partial charge in [-0.3, -0.25) is 9.11 Å². The molecule has 3 heteroatoms. The summed E-state index contributed by atoms with van der Waals surface area (Å²) in [6.45, 7) is 3.63. The second-order valence-electron chi connectivity index (χ2n) is 2.19. The largest absolute Gasteiger partial charge is 0.299 e. The summed E-state index contributed by atoms with van der Waals surface area (Å²) in [5, 5.41) is -0.0949. The van der Waals surface area contributed by atoms with Gasteiger partial charge in [0.05, 0.1) is 0 Å². The lowest BCUT2D eigenvalue weighted by Gasteiger charge is -2.31. The SMILES string of the molecule is [CH2]C1CCCS1(O)O. The molecular formula is C5H11O2S. The van der Waals surface area contributed by atoms with Crippen LogP contribution in [0.15, 0.2) is 0 Å². The summed E-state index contributed by atoms with van der Waals surface area (Å²) in [5.74, 6) is 0.571. The van der Waals surface area contributed by atoms with Gasteiger partial charge in [0.1, 0.15) is 0 Å². The van der Waals surface area contributed by atoms with E-state index in [2.05, 4.69) is 6.92 Å². The van der Waals surface area contributed by atoms with Crippen molar-refractivity contribution in [3.05, 3.63) is 6.92 Å². The van der Waals surface area contributed by atoms with Crippen LogP contribution in [-0.4, -0.2) is 20.1 Å². The first-order chi connectivity index (χ1) is 3.63. The van der Waals surface area contributed by atoms with Crippen molar-refractivity contribution in [1.29, 1.82) is 0 Å². The van der Waals surface area contributed by atoms with E-state index in [-0.39, 0.29) is 5.25 Å². The summed E-state index contributed by atoms with van der Waals surface area (Å²) in [6.07, 6.45) is 1.80. The van der Waals surface area contributed by atoms with Crippen molar-refractivity contribution in [2.24, 2.45) is 0 Å². The van der Waals surface area contributed by atoms with E-state index < -0.39 is 10.6 Å². The van der Waals surface area contributed by atoms with Gasteiger partial charge in [-0.1, -0.05) is 0 Å². The molecule has 1 fully saturated rings. The van der Waals surface area contributed by atoms with Crippen molar-refractivity contribution < 1.29 is 9.11 Å². The fraction of sp³-hybridized carbons (Fsp3) is 0.800. The molecule has 0 aromatic heterocycles. The molecule has 8 heavy (non-hydrogen) atoms. The average molecular weight is 135 g/mol. The zero-order valence-electron chi connectivity index (χ0n) is 4.71. The van der Waals surface area contributed by atoms with E-state index in [0.717, 1.165) is 12.8 Å². The van der Waals surface area contributed by atoms with Gasteiger partial charge in [0.25, 0.3) is 0 Å². The summed E-state index contributed by atoms with van der Waals surface area (Å²) < 4.78 is 18.1. The van der Waals surface area contributed by atoms with Crippen LogP contribution in [0.25, 0.3) is 0 Å². The summed E-state index contributed by atoms with van der Waals surface area (Å²) in [4.78, 5) is 0. The van der Waals surface area contributed by atoms with Crippen LogP contribution in [0.1, 0.15) is 12.8 Å². The highest BCUT2D eigenvalue weighted by molar-refractivity contribution is 8.25. The van der Waals surface area contributed by atoms with Crippen LogP contribution < -0.4 is 0 Å². The molecule has 0 spiro atoms. The fourth-order valence-electron chi connectivity index (χ4n) is 0.879. The molecule has 0 bridgehead atoms. The first-order valence-electron chi connectivity index (χ1n) is 2.71. The van der Waals surface area contributed by atoms with E-state index in [0.29, 0.717) is 5.75 Å². The lowest BCUT2D eigenvalue weighted by molar-refractivity contribution is 0.488. The molecule has 1 saturated heterocycles. The predicted molar refractivity (Wildman–Crippen MR) is 36.1 cm³/mol. The van der Waals surface area contributed by atoms with E-state index in [9.17, 15) is 0 Å². The Morgan fingerprint density at radius 3 is 2.25 bits per heavy atom. The molecular weight excluding hydrogens is 124 g/mol. The number of hydrogen-bond acceptors (Lipinski definition) is 2. The summed E-state index contributed by atoms with van der Waals surface area (Å²) >= 11 is 0. The molecule has 49 valence electrons. The molecule has 1 aliphatic heterocycles. The van der Waals surface area contributed by atoms with Crippen molar-refractivity contribution in [2.45, 2.75) is 18.1 Å². The molecule has 1 atom stereocenters. The normalized spacial score (nSPS) is 39.6. The van der Waals surface area contributed by atoms with Gasteiger partial charge in [0.15, 0.2) is 0 Å². The van der Waals surface area contributed by atoms with Gasteiger partial charge in [-0.15, -0.1) is 0 Å². The van der Waals surface area contributed by atoms with Gasteiger partial charge in [0, 0.05) is 11.0 Å². The number of hydrogen-bond donors (Lipinski definition) is 2. The van der Waals surface area contributed by atoms with E-state index in [4.69, 9.17) is 9.11 Å². The number of rotatable bonds is 0. The van der Waals surface area contributed by atoms with E-state index in [1.54, 1.807) is 0 Å². The van der Waals surface area contributed by atoms with E-state index in [1.165, 1.54) is 0 Å². The molecule has 1 unspecified atom stereocenters. The van der Waals surface area contributed by atoms with Gasteiger partial charge < -0.3 is 0 Å². The van der Waals surface area contributed by atoms with Crippen LogP contribution in [0.2, 0.25) is 0 Å². The molecule has 0 aliphatic carbocycles. The summed E-state index contributed by atoms with van der Waals surface area (Å²) in [6, 6.07) is 0. The van der Waals surface area contributed by atoms with Crippen LogP contribution in [0.5, 0.6) is 0 Å². The minimum Gasteiger partial charge on any atom is -0.299 e. The van der Waals surface area contributed by atoms with Crippen LogP contribution in [0, 0.1) is 6.92 Å². The Morgan fingerprint density at radius 1 is 1.50 bits per heavy atom. The standard InChI is InChI=1S/C5H11O2S/c1-5-3-2-4-8(5,6)7/h5-7H,1-4H2. The lowest BCUT2D eigenvalue weighted by Crippen LogP contribution is -2.07. The van der Waals surface area contributed by atoms with Crippen molar-refractivity contribution in [3.8, 4) is 0 Å². The Bertz CT molecular complexity index is 92.4. The Hall–Kier alpha value is 0.270. The zero-order valence-corrected chi connectivity index (χ0v) is 5.52. The maximum atomic E-state index is 9.04. The van der Waals surface area contributed by atoms with Gasteiger partial charge in [-0.25, -0.2) is 0 Å². The fourth-order valence-corrected chi connectivity index (χ4v) is 2.35. The van der Waals surface area contributed by atoms with Crippen molar-refractivity contribution >= 4 is 10.6 Å². The maximum Gasteiger partial charge on any atom is 0.0486 e. The second-order valence-corrected chi connectivity index (χ2v) is 4.70. The third-order valence-corrected chi connectivity index (χ3v) is 3.70. The van der Waals surface area contributed by atoms with Crippen molar-refractivity contribution in [3.63, 3.8) is 0 Å². The highest BCUT2D eigenvalue weighted by Crippen LogP contribution is 2.51. The van der Waals surface area contributed by atoms with Crippen LogP contribution in [-0.2, 0) is 0 Å². The molecule has 1 aliphatic rings. The highest BCUT2D eigenvalue weighted by Gasteiger charge is 2.26. The van der Waals surface area contributed by atoms with Gasteiger partial charge in [0.2, 0.25) is 0 Å². The van der Waals surface area contributed by atoms with Gasteiger partial charge >= 0.3 is 0 Å². The molecule has 1 heterocycles. The Labute approximate surface area is 51.3 Å². The van der Waals surface area contributed by atoms with Crippen molar-refractivity contribution in [2.75, 3.05) is 5.75 Å². The molecule has 1 rings (SSSR count). The van der Waals surface area contributed by atoms with Crippen LogP contribution in [0.4, 0.5) is 0 Å². The molecule has 1 radical (unpaired) electrons. The first-order valence-corrected chi connectivity index (χ1v) is 4.49. The first kappa shape index (κ1) is 6.39. The average Bonchev–Trinajstić information content (AvgIpc) is 1.86. The highest BCUT2D eigenvalue weighted by atomic mass is 32.3. The minimum atomic E-state index is -2.24. The third kappa shape index (κ3) is 0.989. The van der Waals surface area contributed by atoms with E-state index >= 15 is 0 Å². The van der Waals surface area contributed by atoms with Gasteiger partial charge in [-0.2, -0.15) is 10.6 Å². The van der Waals surface area contributed by atoms with Crippen LogP contribution >= 0.6 is 10.6 Å². The summed E-state index contributed by atoms with van der Waals surface area (Å²) in [5.41, 5.74) is 0. The smallest absolute Gasteiger partial charge is 0.0486 e. The lowest BCUT2D eigenvalue weighted by atomic mass is 10.3. The predicted octanol–water partition coefficient (Wildman–Crippen LogP) is 1.73. The molecule has 2 nitrogen and oxygen atoms in total. The summed E-state index contributed by atoms with van der Waals surface area (Å²) in [7, 11) is -2.24. The third-order valence-electron chi connectivity index (χ3n) is 1.50. The maximum absolute atomic E-state index is 9.04. The zero-order chi connectivity index (χ0) is 6.20. The Balaban J connectivity index is 2.54. The Morgan fingerprint density at radius 2 is 2.12 bits per heavy atom. The van der Waals surface area contributed by atoms with Crippen LogP contribution in [0.3, 0.4) is 0 Å². The van der Waals surface area contributed by atoms with Crippen molar-refractivity contribution in [1.82, 2.24) is 0 Å².